The van der Waals surface area contributed by atoms with Crippen molar-refractivity contribution >= 4 is 11.6 Å². The van der Waals surface area contributed by atoms with Crippen molar-refractivity contribution in [2.75, 3.05) is 6.54 Å². The molecule has 1 rings (SSSR count). The van der Waals surface area contributed by atoms with E-state index in [4.69, 9.17) is 16.9 Å². The Morgan fingerprint density at radius 1 is 1.53 bits per heavy atom. The third-order valence-electron chi connectivity index (χ3n) is 2.81. The van der Waals surface area contributed by atoms with Crippen molar-refractivity contribution in [3.8, 4) is 6.07 Å². The smallest absolute Gasteiger partial charge is 0.0871 e. The maximum atomic E-state index is 8.82. The molecule has 0 aliphatic heterocycles. The lowest BCUT2D eigenvalue weighted by Gasteiger charge is -2.23. The highest BCUT2D eigenvalue weighted by Crippen LogP contribution is 2.22. The van der Waals surface area contributed by atoms with Crippen LogP contribution in [0.25, 0.3) is 0 Å². The number of aromatic nitrogens is 2. The molecule has 1 heterocycles. The molecule has 0 saturated heterocycles. The van der Waals surface area contributed by atoms with Crippen molar-refractivity contribution < 1.29 is 0 Å². The second kappa shape index (κ2) is 6.04. The first-order chi connectivity index (χ1) is 8.01. The van der Waals surface area contributed by atoms with Gasteiger partial charge in [-0.05, 0) is 27.7 Å². The minimum atomic E-state index is 0.311. The van der Waals surface area contributed by atoms with Gasteiger partial charge < -0.3 is 0 Å². The largest absolute Gasteiger partial charge is 0.282 e. The number of nitrogens with zero attached hydrogens (tertiary/aromatic N) is 4. The van der Waals surface area contributed by atoms with Crippen LogP contribution in [0.15, 0.2) is 0 Å². The van der Waals surface area contributed by atoms with Crippen LogP contribution >= 0.6 is 11.6 Å². The molecule has 94 valence electrons. The number of rotatable bonds is 5. The molecule has 0 aliphatic carbocycles. The summed E-state index contributed by atoms with van der Waals surface area (Å²) in [5.74, 6) is 0. The number of halogens is 1. The minimum absolute atomic E-state index is 0.311. The molecule has 0 saturated carbocycles. The summed E-state index contributed by atoms with van der Waals surface area (Å²) < 4.78 is 1.91. The summed E-state index contributed by atoms with van der Waals surface area (Å²) in [6.07, 6.45) is 0. The SMILES string of the molecule is CCn1nc(C)c(Cl)c1CN(CC#N)C(C)C. The molecule has 0 spiro atoms. The van der Waals surface area contributed by atoms with Crippen molar-refractivity contribution in [2.45, 2.75) is 46.8 Å². The van der Waals surface area contributed by atoms with Crippen molar-refractivity contribution in [1.82, 2.24) is 14.7 Å². The van der Waals surface area contributed by atoms with Crippen molar-refractivity contribution in [3.05, 3.63) is 16.4 Å². The molecule has 4 nitrogen and oxygen atoms in total. The van der Waals surface area contributed by atoms with Crippen molar-refractivity contribution in [1.29, 1.82) is 5.26 Å². The van der Waals surface area contributed by atoms with E-state index >= 15 is 0 Å². The summed E-state index contributed by atoms with van der Waals surface area (Å²) in [5, 5.41) is 13.9. The summed E-state index contributed by atoms with van der Waals surface area (Å²) in [6.45, 7) is 9.95. The summed E-state index contributed by atoms with van der Waals surface area (Å²) in [6, 6.07) is 2.50. The Morgan fingerprint density at radius 2 is 2.18 bits per heavy atom. The first kappa shape index (κ1) is 14.0. The predicted molar refractivity (Wildman–Crippen MR) is 68.8 cm³/mol. The molecule has 0 amide bonds. The van der Waals surface area contributed by atoms with Crippen LogP contribution in [0.3, 0.4) is 0 Å². The average molecular weight is 255 g/mol. The Morgan fingerprint density at radius 3 is 2.65 bits per heavy atom. The van der Waals surface area contributed by atoms with Gasteiger partial charge >= 0.3 is 0 Å². The van der Waals surface area contributed by atoms with Gasteiger partial charge in [0, 0.05) is 19.1 Å². The molecule has 0 unspecified atom stereocenters. The van der Waals surface area contributed by atoms with Gasteiger partial charge in [0.2, 0.25) is 0 Å². The lowest BCUT2D eigenvalue weighted by atomic mass is 10.2. The van der Waals surface area contributed by atoms with E-state index in [2.05, 4.69) is 29.9 Å². The van der Waals surface area contributed by atoms with Gasteiger partial charge in [0.05, 0.1) is 29.0 Å². The molecule has 0 atom stereocenters. The Balaban J connectivity index is 2.96. The lowest BCUT2D eigenvalue weighted by Crippen LogP contribution is -2.31. The van der Waals surface area contributed by atoms with Gasteiger partial charge in [-0.3, -0.25) is 9.58 Å². The van der Waals surface area contributed by atoms with Gasteiger partial charge in [0.15, 0.2) is 0 Å². The van der Waals surface area contributed by atoms with Crippen LogP contribution in [0.1, 0.15) is 32.2 Å². The van der Waals surface area contributed by atoms with Crippen LogP contribution in [0, 0.1) is 18.3 Å². The number of hydrogen-bond donors (Lipinski definition) is 0. The van der Waals surface area contributed by atoms with Gasteiger partial charge in [-0.1, -0.05) is 11.6 Å². The minimum Gasteiger partial charge on any atom is -0.282 e. The van der Waals surface area contributed by atoms with Gasteiger partial charge in [0.25, 0.3) is 0 Å². The molecule has 0 aliphatic rings. The summed E-state index contributed by atoms with van der Waals surface area (Å²) in [7, 11) is 0. The second-order valence-electron chi connectivity index (χ2n) is 4.32. The lowest BCUT2D eigenvalue weighted by molar-refractivity contribution is 0.233. The van der Waals surface area contributed by atoms with E-state index in [1.54, 1.807) is 0 Å². The molecular weight excluding hydrogens is 236 g/mol. The first-order valence-electron chi connectivity index (χ1n) is 5.84. The molecular formula is C12H19ClN4. The second-order valence-corrected chi connectivity index (χ2v) is 4.70. The third-order valence-corrected chi connectivity index (χ3v) is 3.30. The quantitative estimate of drug-likeness (QED) is 0.759. The molecule has 1 aromatic heterocycles. The predicted octanol–water partition coefficient (Wildman–Crippen LogP) is 2.60. The maximum Gasteiger partial charge on any atom is 0.0871 e. The van der Waals surface area contributed by atoms with Gasteiger partial charge in [0.1, 0.15) is 0 Å². The molecule has 1 aromatic rings. The van der Waals surface area contributed by atoms with Gasteiger partial charge in [-0.2, -0.15) is 10.4 Å². The average Bonchev–Trinajstić information content (AvgIpc) is 2.55. The summed E-state index contributed by atoms with van der Waals surface area (Å²) in [5.41, 5.74) is 1.85. The zero-order chi connectivity index (χ0) is 13.0. The fraction of sp³-hybridized carbons (Fsp3) is 0.667. The monoisotopic (exact) mass is 254 g/mol. The Hall–Kier alpha value is -1.05. The number of nitriles is 1. The topological polar surface area (TPSA) is 44.9 Å². The first-order valence-corrected chi connectivity index (χ1v) is 6.21. The summed E-state index contributed by atoms with van der Waals surface area (Å²) >= 11 is 6.25. The van der Waals surface area contributed by atoms with Gasteiger partial charge in [-0.15, -0.1) is 0 Å². The van der Waals surface area contributed by atoms with Crippen LogP contribution in [-0.4, -0.2) is 27.3 Å². The van der Waals surface area contributed by atoms with E-state index in [1.165, 1.54) is 0 Å². The Kier molecular flexibility index (Phi) is 4.98. The zero-order valence-electron chi connectivity index (χ0n) is 10.9. The molecule has 0 N–H and O–H groups in total. The highest BCUT2D eigenvalue weighted by Gasteiger charge is 2.17. The zero-order valence-corrected chi connectivity index (χ0v) is 11.6. The third kappa shape index (κ3) is 3.21. The van der Waals surface area contributed by atoms with E-state index in [0.29, 0.717) is 19.1 Å². The molecule has 5 heteroatoms. The normalized spacial score (nSPS) is 11.2. The highest BCUT2D eigenvalue weighted by atomic mass is 35.5. The van der Waals surface area contributed by atoms with E-state index < -0.39 is 0 Å². The molecule has 0 aromatic carbocycles. The maximum absolute atomic E-state index is 8.82. The Bertz CT molecular complexity index is 417. The molecule has 0 bridgehead atoms. The number of hydrogen-bond acceptors (Lipinski definition) is 3. The Labute approximate surface area is 108 Å². The molecule has 17 heavy (non-hydrogen) atoms. The standard InChI is InChI=1S/C12H19ClN4/c1-5-17-11(12(13)10(4)15-17)8-16(7-6-14)9(2)3/h9H,5,7-8H2,1-4H3. The molecule has 0 radical (unpaired) electrons. The van der Waals surface area contributed by atoms with Crippen LogP contribution in [0.2, 0.25) is 5.02 Å². The van der Waals surface area contributed by atoms with Crippen LogP contribution < -0.4 is 0 Å². The van der Waals surface area contributed by atoms with E-state index in [0.717, 1.165) is 23.0 Å². The summed E-state index contributed by atoms with van der Waals surface area (Å²) in [4.78, 5) is 2.08. The van der Waals surface area contributed by atoms with E-state index in [-0.39, 0.29) is 0 Å². The van der Waals surface area contributed by atoms with E-state index in [1.807, 2.05) is 18.5 Å². The van der Waals surface area contributed by atoms with Crippen molar-refractivity contribution in [2.24, 2.45) is 0 Å². The van der Waals surface area contributed by atoms with Crippen LogP contribution in [-0.2, 0) is 13.1 Å². The van der Waals surface area contributed by atoms with Crippen LogP contribution in [0.5, 0.6) is 0 Å². The number of aryl methyl sites for hydroxylation is 2. The van der Waals surface area contributed by atoms with Gasteiger partial charge in [-0.25, -0.2) is 0 Å². The van der Waals surface area contributed by atoms with Crippen molar-refractivity contribution in [3.63, 3.8) is 0 Å². The van der Waals surface area contributed by atoms with Crippen LogP contribution in [0.4, 0.5) is 0 Å². The van der Waals surface area contributed by atoms with E-state index in [9.17, 15) is 0 Å². The fourth-order valence-corrected chi connectivity index (χ4v) is 1.92. The molecule has 0 fully saturated rings. The fourth-order valence-electron chi connectivity index (χ4n) is 1.72. The highest BCUT2D eigenvalue weighted by molar-refractivity contribution is 6.31.